The van der Waals surface area contributed by atoms with E-state index in [4.69, 9.17) is 39.8 Å². The van der Waals surface area contributed by atoms with Crippen LogP contribution in [0.2, 0.25) is 10.0 Å². The second-order valence-electron chi connectivity index (χ2n) is 6.74. The first kappa shape index (κ1) is 21.8. The smallest absolute Gasteiger partial charge is 0.270 e. The Morgan fingerprint density at radius 2 is 1.84 bits per heavy atom. The zero-order chi connectivity index (χ0) is 22.3. The van der Waals surface area contributed by atoms with Crippen LogP contribution in [0.5, 0.6) is 0 Å². The first-order valence-corrected chi connectivity index (χ1v) is 10.9. The predicted molar refractivity (Wildman–Crippen MR) is 129 cm³/mol. The van der Waals surface area contributed by atoms with Crippen molar-refractivity contribution in [2.45, 2.75) is 6.92 Å². The average molecular weight is 536 g/mol. The lowest BCUT2D eigenvalue weighted by molar-refractivity contribution is -0.122. The number of carbonyl (C=O) groups is 2. The third-order valence-electron chi connectivity index (χ3n) is 4.57. The first-order chi connectivity index (χ1) is 14.7. The number of hydrogen-bond acceptors (Lipinski definition) is 4. The third kappa shape index (κ3) is 4.32. The van der Waals surface area contributed by atoms with Gasteiger partial charge in [0, 0.05) is 10.0 Å². The molecule has 0 radical (unpaired) electrons. The Bertz CT molecular complexity index is 1290. The monoisotopic (exact) mass is 534 g/mol. The maximum absolute atomic E-state index is 13.1. The molecule has 5 nitrogen and oxygen atoms in total. The molecule has 1 aliphatic heterocycles. The van der Waals surface area contributed by atoms with Gasteiger partial charge in [0.2, 0.25) is 0 Å². The molecule has 1 fully saturated rings. The normalized spacial score (nSPS) is 15.5. The van der Waals surface area contributed by atoms with Crippen LogP contribution in [0.4, 0.5) is 5.69 Å². The molecule has 4 rings (SSSR count). The van der Waals surface area contributed by atoms with Crippen molar-refractivity contribution < 1.29 is 14.0 Å². The van der Waals surface area contributed by atoms with Gasteiger partial charge in [-0.2, -0.15) is 0 Å². The molecule has 3 aromatic rings. The summed E-state index contributed by atoms with van der Waals surface area (Å²) in [6.45, 7) is 1.99. The predicted octanol–water partition coefficient (Wildman–Crippen LogP) is 6.16. The largest absolute Gasteiger partial charge is 0.457 e. The minimum absolute atomic E-state index is 0.0470. The summed E-state index contributed by atoms with van der Waals surface area (Å²) in [5.74, 6) is -0.260. The molecule has 1 saturated heterocycles. The molecule has 0 bridgehead atoms. The number of nitrogens with one attached hydrogen (secondary N) is 1. The highest BCUT2D eigenvalue weighted by Gasteiger charge is 2.35. The molecule has 1 aromatic heterocycles. The molecule has 1 N–H and O–H groups in total. The highest BCUT2D eigenvalue weighted by molar-refractivity contribution is 9.10. The van der Waals surface area contributed by atoms with Crippen molar-refractivity contribution in [1.82, 2.24) is 5.32 Å². The number of rotatable bonds is 3. The number of thiocarbonyl (C=S) groups is 1. The molecule has 0 saturated carbocycles. The number of hydrogen-bond donors (Lipinski definition) is 1. The van der Waals surface area contributed by atoms with E-state index in [-0.39, 0.29) is 15.7 Å². The lowest BCUT2D eigenvalue weighted by Crippen LogP contribution is -2.54. The SMILES string of the molecule is Cc1ccc(-c2ccc(/C=C3\C(=O)NC(=S)N(c4ccc(Cl)c(Cl)c4)C3=O)o2)c(Br)c1. The Kier molecular flexibility index (Phi) is 6.03. The van der Waals surface area contributed by atoms with Crippen LogP contribution in [0, 0.1) is 6.92 Å². The molecule has 0 aliphatic carbocycles. The number of nitrogens with zero attached hydrogens (tertiary/aromatic N) is 1. The Morgan fingerprint density at radius 3 is 2.55 bits per heavy atom. The van der Waals surface area contributed by atoms with Crippen molar-refractivity contribution in [3.63, 3.8) is 0 Å². The Balaban J connectivity index is 1.69. The molecule has 2 heterocycles. The van der Waals surface area contributed by atoms with Crippen LogP contribution in [-0.4, -0.2) is 16.9 Å². The molecule has 2 amide bonds. The molecular formula is C22H13BrCl2N2O3S. The lowest BCUT2D eigenvalue weighted by atomic mass is 10.1. The maximum atomic E-state index is 13.1. The molecule has 2 aromatic carbocycles. The molecule has 156 valence electrons. The van der Waals surface area contributed by atoms with Gasteiger partial charge < -0.3 is 4.42 Å². The van der Waals surface area contributed by atoms with Crippen molar-refractivity contribution in [1.29, 1.82) is 0 Å². The van der Waals surface area contributed by atoms with Crippen molar-refractivity contribution in [3.8, 4) is 11.3 Å². The second-order valence-corrected chi connectivity index (χ2v) is 8.80. The minimum atomic E-state index is -0.610. The summed E-state index contributed by atoms with van der Waals surface area (Å²) in [4.78, 5) is 26.8. The number of aryl methyl sites for hydroxylation is 1. The van der Waals surface area contributed by atoms with E-state index in [0.717, 1.165) is 15.6 Å². The molecule has 0 atom stereocenters. The topological polar surface area (TPSA) is 62.6 Å². The van der Waals surface area contributed by atoms with Gasteiger partial charge in [-0.1, -0.05) is 45.2 Å². The summed E-state index contributed by atoms with van der Waals surface area (Å²) < 4.78 is 6.74. The van der Waals surface area contributed by atoms with Gasteiger partial charge in [0.25, 0.3) is 11.8 Å². The summed E-state index contributed by atoms with van der Waals surface area (Å²) in [6.07, 6.45) is 1.38. The summed E-state index contributed by atoms with van der Waals surface area (Å²) in [7, 11) is 0. The van der Waals surface area contributed by atoms with Crippen LogP contribution >= 0.6 is 51.3 Å². The van der Waals surface area contributed by atoms with E-state index in [1.165, 1.54) is 17.0 Å². The van der Waals surface area contributed by atoms with E-state index in [1.807, 2.05) is 25.1 Å². The van der Waals surface area contributed by atoms with E-state index in [1.54, 1.807) is 24.3 Å². The molecule has 31 heavy (non-hydrogen) atoms. The number of anilines is 1. The number of halogens is 3. The van der Waals surface area contributed by atoms with E-state index in [0.29, 0.717) is 22.2 Å². The number of furan rings is 1. The molecule has 0 unspecified atom stereocenters. The van der Waals surface area contributed by atoms with E-state index in [2.05, 4.69) is 21.2 Å². The molecular weight excluding hydrogens is 523 g/mol. The highest BCUT2D eigenvalue weighted by Crippen LogP contribution is 2.32. The van der Waals surface area contributed by atoms with Crippen LogP contribution < -0.4 is 10.2 Å². The lowest BCUT2D eigenvalue weighted by Gasteiger charge is -2.29. The Hall–Kier alpha value is -2.45. The van der Waals surface area contributed by atoms with E-state index >= 15 is 0 Å². The quantitative estimate of drug-likeness (QED) is 0.248. The van der Waals surface area contributed by atoms with Crippen molar-refractivity contribution in [2.75, 3.05) is 4.90 Å². The fourth-order valence-corrected chi connectivity index (χ4v) is 4.32. The van der Waals surface area contributed by atoms with Crippen LogP contribution in [0.15, 0.2) is 63.0 Å². The number of benzene rings is 2. The highest BCUT2D eigenvalue weighted by atomic mass is 79.9. The Morgan fingerprint density at radius 1 is 1.06 bits per heavy atom. The first-order valence-electron chi connectivity index (χ1n) is 8.97. The van der Waals surface area contributed by atoms with Gasteiger partial charge in [0.15, 0.2) is 5.11 Å². The van der Waals surface area contributed by atoms with Gasteiger partial charge in [-0.15, -0.1) is 0 Å². The van der Waals surface area contributed by atoms with Crippen molar-refractivity contribution >= 4 is 80.0 Å². The standard InChI is InChI=1S/C22H13BrCl2N2O3S/c1-11-2-5-14(16(23)8-11)19-7-4-13(30-19)10-15-20(28)26-22(31)27(21(15)29)12-3-6-17(24)18(25)9-12/h2-10H,1H3,(H,26,28,31)/b15-10+. The zero-order valence-corrected chi connectivity index (χ0v) is 19.8. The van der Waals surface area contributed by atoms with E-state index < -0.39 is 11.8 Å². The van der Waals surface area contributed by atoms with Gasteiger partial charge in [-0.05, 0) is 73.2 Å². The summed E-state index contributed by atoms with van der Waals surface area (Å²) in [6, 6.07) is 14.0. The van der Waals surface area contributed by atoms with Crippen molar-refractivity contribution in [2.24, 2.45) is 0 Å². The zero-order valence-electron chi connectivity index (χ0n) is 15.9. The summed E-state index contributed by atoms with van der Waals surface area (Å²) >= 11 is 20.7. The van der Waals surface area contributed by atoms with Gasteiger partial charge in [-0.25, -0.2) is 0 Å². The summed E-state index contributed by atoms with van der Waals surface area (Å²) in [5.41, 5.74) is 2.23. The van der Waals surface area contributed by atoms with Crippen molar-refractivity contribution in [3.05, 3.63) is 79.9 Å². The third-order valence-corrected chi connectivity index (χ3v) is 6.25. The van der Waals surface area contributed by atoms with Crippen LogP contribution in [0.25, 0.3) is 17.4 Å². The van der Waals surface area contributed by atoms with Gasteiger partial charge in [0.05, 0.1) is 15.7 Å². The minimum Gasteiger partial charge on any atom is -0.457 e. The average Bonchev–Trinajstić information content (AvgIpc) is 3.16. The van der Waals surface area contributed by atoms with Gasteiger partial charge in [-0.3, -0.25) is 19.8 Å². The van der Waals surface area contributed by atoms with Crippen LogP contribution in [0.3, 0.4) is 0 Å². The maximum Gasteiger partial charge on any atom is 0.270 e. The van der Waals surface area contributed by atoms with Crippen LogP contribution in [0.1, 0.15) is 11.3 Å². The fraction of sp³-hybridized carbons (Fsp3) is 0.0455. The van der Waals surface area contributed by atoms with Crippen LogP contribution in [-0.2, 0) is 9.59 Å². The summed E-state index contributed by atoms with van der Waals surface area (Å²) in [5, 5.41) is 3.07. The number of carbonyl (C=O) groups excluding carboxylic acids is 2. The fourth-order valence-electron chi connectivity index (χ4n) is 3.05. The Labute approximate surface area is 201 Å². The van der Waals surface area contributed by atoms with Gasteiger partial charge in [0.1, 0.15) is 17.1 Å². The van der Waals surface area contributed by atoms with Gasteiger partial charge >= 0.3 is 0 Å². The second kappa shape index (κ2) is 8.59. The molecule has 9 heteroatoms. The van der Waals surface area contributed by atoms with E-state index in [9.17, 15) is 9.59 Å². The molecule has 0 spiro atoms. The number of amides is 2. The molecule has 1 aliphatic rings.